The molecule has 2 rings (SSSR count). The Kier molecular flexibility index (Phi) is 5.76. The van der Waals surface area contributed by atoms with Crippen LogP contribution in [0.3, 0.4) is 0 Å². The monoisotopic (exact) mass is 272 g/mol. The van der Waals surface area contributed by atoms with Gasteiger partial charge in [0.15, 0.2) is 0 Å². The molecular weight excluding hydrogens is 256 g/mol. The van der Waals surface area contributed by atoms with Crippen LogP contribution in [0.1, 0.15) is 0 Å². The number of benzene rings is 2. The van der Waals surface area contributed by atoms with Gasteiger partial charge in [-0.3, -0.25) is 0 Å². The van der Waals surface area contributed by atoms with E-state index in [1.165, 1.54) is 0 Å². The average molecular weight is 272 g/mol. The Hall–Kier alpha value is -2.13. The predicted octanol–water partition coefficient (Wildman–Crippen LogP) is 3.88. The minimum Gasteiger partial charge on any atom is -0.219 e. The first-order valence-corrected chi connectivity index (χ1v) is 7.20. The third-order valence-corrected chi connectivity index (χ3v) is 4.06. The fraction of sp³-hybridized carbons (Fsp3) is 0. The first-order valence-electron chi connectivity index (χ1n) is 5.71. The molecule has 0 radical (unpaired) electrons. The van der Waals surface area contributed by atoms with Crippen LogP contribution in [-0.2, 0) is 9.84 Å². The zero-order valence-electron chi connectivity index (χ0n) is 10.6. The summed E-state index contributed by atoms with van der Waals surface area (Å²) in [6, 6.07) is 16.9. The van der Waals surface area contributed by atoms with E-state index in [1.54, 1.807) is 72.8 Å². The molecule has 3 heteroatoms. The van der Waals surface area contributed by atoms with E-state index in [0.717, 1.165) is 0 Å². The highest BCUT2D eigenvalue weighted by molar-refractivity contribution is 7.91. The highest BCUT2D eigenvalue weighted by Crippen LogP contribution is 2.19. The highest BCUT2D eigenvalue weighted by atomic mass is 32.2. The molecule has 0 fully saturated rings. The van der Waals surface area contributed by atoms with Crippen molar-refractivity contribution in [2.75, 3.05) is 0 Å². The lowest BCUT2D eigenvalue weighted by Gasteiger charge is -2.03. The van der Waals surface area contributed by atoms with Crippen molar-refractivity contribution in [2.24, 2.45) is 0 Å². The molecule has 0 unspecified atom stereocenters. The second-order valence-electron chi connectivity index (χ2n) is 3.60. The van der Waals surface area contributed by atoms with E-state index >= 15 is 0 Å². The maximum absolute atomic E-state index is 12.0. The van der Waals surface area contributed by atoms with Gasteiger partial charge in [-0.2, -0.15) is 0 Å². The van der Waals surface area contributed by atoms with Crippen molar-refractivity contribution in [1.29, 1.82) is 0 Å². The fourth-order valence-corrected chi connectivity index (χ4v) is 2.64. The molecule has 0 spiro atoms. The van der Waals surface area contributed by atoms with Crippen LogP contribution in [0.2, 0.25) is 0 Å². The van der Waals surface area contributed by atoms with Gasteiger partial charge in [0.25, 0.3) is 0 Å². The SMILES string of the molecule is C=CC=C.O=S(=O)(c1ccccc1)c1ccccc1. The van der Waals surface area contributed by atoms with E-state index in [2.05, 4.69) is 13.2 Å². The molecule has 0 saturated heterocycles. The Morgan fingerprint density at radius 2 is 1.00 bits per heavy atom. The fourth-order valence-electron chi connectivity index (χ4n) is 1.34. The van der Waals surface area contributed by atoms with Crippen LogP contribution in [0.15, 0.2) is 95.8 Å². The summed E-state index contributed by atoms with van der Waals surface area (Å²) in [4.78, 5) is 0.660. The third-order valence-electron chi connectivity index (χ3n) is 2.27. The van der Waals surface area contributed by atoms with Gasteiger partial charge < -0.3 is 0 Å². The van der Waals surface area contributed by atoms with Gasteiger partial charge in [-0.1, -0.05) is 61.7 Å². The lowest BCUT2D eigenvalue weighted by atomic mass is 10.4. The quantitative estimate of drug-likeness (QED) is 0.795. The maximum Gasteiger partial charge on any atom is 0.206 e. The van der Waals surface area contributed by atoms with Crippen LogP contribution in [0.25, 0.3) is 0 Å². The van der Waals surface area contributed by atoms with E-state index in [0.29, 0.717) is 9.79 Å². The van der Waals surface area contributed by atoms with E-state index in [1.807, 2.05) is 0 Å². The zero-order valence-corrected chi connectivity index (χ0v) is 11.4. The van der Waals surface area contributed by atoms with Crippen LogP contribution in [0, 0.1) is 0 Å². The summed E-state index contributed by atoms with van der Waals surface area (Å²) in [6.07, 6.45) is 3.28. The van der Waals surface area contributed by atoms with Crippen LogP contribution in [-0.4, -0.2) is 8.42 Å². The van der Waals surface area contributed by atoms with Crippen molar-refractivity contribution in [1.82, 2.24) is 0 Å². The molecule has 0 bridgehead atoms. The molecule has 0 aliphatic carbocycles. The van der Waals surface area contributed by atoms with Crippen molar-refractivity contribution in [3.63, 3.8) is 0 Å². The smallest absolute Gasteiger partial charge is 0.206 e. The Morgan fingerprint density at radius 3 is 1.26 bits per heavy atom. The van der Waals surface area contributed by atoms with Crippen molar-refractivity contribution in [2.45, 2.75) is 9.79 Å². The molecule has 0 aliphatic rings. The summed E-state index contributed by atoms with van der Waals surface area (Å²) in [5.74, 6) is 0. The summed E-state index contributed by atoms with van der Waals surface area (Å²) in [5.41, 5.74) is 0. The van der Waals surface area contributed by atoms with E-state index < -0.39 is 9.84 Å². The second-order valence-corrected chi connectivity index (χ2v) is 5.55. The van der Waals surface area contributed by atoms with Gasteiger partial charge in [-0.25, -0.2) is 8.42 Å². The highest BCUT2D eigenvalue weighted by Gasteiger charge is 2.15. The molecule has 0 amide bonds. The van der Waals surface area contributed by atoms with Crippen LogP contribution < -0.4 is 0 Å². The number of sulfone groups is 1. The summed E-state index contributed by atoms with van der Waals surface area (Å²) < 4.78 is 24.1. The topological polar surface area (TPSA) is 34.1 Å². The van der Waals surface area contributed by atoms with Crippen molar-refractivity contribution in [3.05, 3.63) is 86.0 Å². The van der Waals surface area contributed by atoms with Gasteiger partial charge in [-0.15, -0.1) is 0 Å². The van der Waals surface area contributed by atoms with Gasteiger partial charge in [-0.05, 0) is 24.3 Å². The van der Waals surface area contributed by atoms with E-state index in [4.69, 9.17) is 0 Å². The minimum absolute atomic E-state index is 0.330. The van der Waals surface area contributed by atoms with E-state index in [-0.39, 0.29) is 0 Å². The van der Waals surface area contributed by atoms with Crippen LogP contribution >= 0.6 is 0 Å². The predicted molar refractivity (Wildman–Crippen MR) is 78.7 cm³/mol. The molecule has 0 heterocycles. The zero-order chi connectivity index (χ0) is 14.1. The normalized spacial score (nSPS) is 9.89. The summed E-state index contributed by atoms with van der Waals surface area (Å²) in [6.45, 7) is 6.72. The van der Waals surface area contributed by atoms with Gasteiger partial charge in [0.05, 0.1) is 9.79 Å². The molecule has 2 aromatic rings. The Bertz CT molecular complexity index is 563. The molecule has 2 aromatic carbocycles. The molecule has 98 valence electrons. The molecule has 0 atom stereocenters. The Morgan fingerprint density at radius 1 is 0.684 bits per heavy atom. The molecule has 2 nitrogen and oxygen atoms in total. The number of rotatable bonds is 3. The van der Waals surface area contributed by atoms with Crippen molar-refractivity contribution < 1.29 is 8.42 Å². The summed E-state index contributed by atoms with van der Waals surface area (Å²) >= 11 is 0. The van der Waals surface area contributed by atoms with Crippen LogP contribution in [0.4, 0.5) is 0 Å². The molecule has 19 heavy (non-hydrogen) atoms. The maximum atomic E-state index is 12.0. The summed E-state index contributed by atoms with van der Waals surface area (Å²) in [7, 11) is -3.34. The second kappa shape index (κ2) is 7.34. The number of hydrogen-bond donors (Lipinski definition) is 0. The van der Waals surface area contributed by atoms with Crippen molar-refractivity contribution in [3.8, 4) is 0 Å². The van der Waals surface area contributed by atoms with Gasteiger partial charge in [0.1, 0.15) is 0 Å². The minimum atomic E-state index is -3.34. The van der Waals surface area contributed by atoms with Crippen molar-refractivity contribution >= 4 is 9.84 Å². The van der Waals surface area contributed by atoms with Crippen LogP contribution in [0.5, 0.6) is 0 Å². The molecular formula is C16H16O2S. The lowest BCUT2D eigenvalue weighted by molar-refractivity contribution is 0.596. The molecule has 0 aliphatic heterocycles. The Labute approximate surface area is 114 Å². The number of allylic oxidation sites excluding steroid dienone is 2. The van der Waals surface area contributed by atoms with Gasteiger partial charge >= 0.3 is 0 Å². The average Bonchev–Trinajstić information content (AvgIpc) is 2.49. The largest absolute Gasteiger partial charge is 0.219 e. The molecule has 0 N–H and O–H groups in total. The number of hydrogen-bond acceptors (Lipinski definition) is 2. The first-order chi connectivity index (χ1) is 9.12. The molecule has 0 aromatic heterocycles. The Balaban J connectivity index is 0.000000399. The summed E-state index contributed by atoms with van der Waals surface area (Å²) in [5, 5.41) is 0. The standard InChI is InChI=1S/C12H10O2S.C4H6/c13-15(14,11-7-3-1-4-8-11)12-9-5-2-6-10-12;1-3-4-2/h1-10H;3-4H,1-2H2. The first kappa shape index (κ1) is 14.9. The third kappa shape index (κ3) is 4.23. The van der Waals surface area contributed by atoms with Gasteiger partial charge in [0.2, 0.25) is 9.84 Å². The van der Waals surface area contributed by atoms with Gasteiger partial charge in [0, 0.05) is 0 Å². The molecule has 0 saturated carbocycles. The lowest BCUT2D eigenvalue weighted by Crippen LogP contribution is -2.00. The van der Waals surface area contributed by atoms with E-state index in [9.17, 15) is 8.42 Å².